The highest BCUT2D eigenvalue weighted by atomic mass is 15.2. The Kier molecular flexibility index (Phi) is 2.88. The zero-order valence-corrected chi connectivity index (χ0v) is 9.97. The highest BCUT2D eigenvalue weighted by Gasteiger charge is 2.54. The molecule has 88 valence electrons. The molecule has 2 heteroatoms. The molecule has 2 unspecified atom stereocenters. The average molecular weight is 226 g/mol. The predicted molar refractivity (Wildman–Crippen MR) is 69.3 cm³/mol. The van der Waals surface area contributed by atoms with Crippen LogP contribution in [0.4, 0.5) is 0 Å². The normalized spacial score (nSPS) is 30.9. The van der Waals surface area contributed by atoms with Crippen LogP contribution in [-0.2, 0) is 6.54 Å². The van der Waals surface area contributed by atoms with Crippen molar-refractivity contribution in [2.24, 2.45) is 11.8 Å². The molecule has 0 amide bonds. The fourth-order valence-electron chi connectivity index (χ4n) is 3.06. The van der Waals surface area contributed by atoms with Crippen molar-refractivity contribution in [1.29, 1.82) is 0 Å². The van der Waals surface area contributed by atoms with Crippen LogP contribution in [0, 0.1) is 24.2 Å². The van der Waals surface area contributed by atoms with Crippen molar-refractivity contribution in [1.82, 2.24) is 10.2 Å². The Morgan fingerprint density at radius 3 is 2.59 bits per heavy atom. The molecule has 1 aliphatic heterocycles. The lowest BCUT2D eigenvalue weighted by atomic mass is 10.2. The maximum absolute atomic E-state index is 5.26. The molecule has 0 aromatic heterocycles. The largest absolute Gasteiger partial charge is 0.303 e. The Morgan fingerprint density at radius 2 is 1.94 bits per heavy atom. The van der Waals surface area contributed by atoms with Gasteiger partial charge in [-0.2, -0.15) is 0 Å². The van der Waals surface area contributed by atoms with E-state index in [-0.39, 0.29) is 0 Å². The Balaban J connectivity index is 1.48. The minimum absolute atomic E-state index is 0.693. The number of fused-ring (bicyclic) bond motifs is 1. The smallest absolute Gasteiger partial charge is 0.0576 e. The molecular weight excluding hydrogens is 208 g/mol. The molecule has 0 bridgehead atoms. The third kappa shape index (κ3) is 2.22. The summed E-state index contributed by atoms with van der Waals surface area (Å²) in [4.78, 5) is 2.55. The number of hydrogen-bond donors (Lipinski definition) is 1. The minimum Gasteiger partial charge on any atom is -0.303 e. The van der Waals surface area contributed by atoms with Gasteiger partial charge in [0, 0.05) is 25.7 Å². The van der Waals surface area contributed by atoms with Crippen LogP contribution in [0.5, 0.6) is 0 Å². The molecule has 1 saturated carbocycles. The van der Waals surface area contributed by atoms with Gasteiger partial charge in [0.05, 0.1) is 6.54 Å². The summed E-state index contributed by atoms with van der Waals surface area (Å²) in [6, 6.07) is 11.4. The van der Waals surface area contributed by atoms with E-state index in [9.17, 15) is 0 Å². The third-order valence-electron chi connectivity index (χ3n) is 3.96. The van der Waals surface area contributed by atoms with Crippen LogP contribution in [0.2, 0.25) is 0 Å². The van der Waals surface area contributed by atoms with Crippen molar-refractivity contribution < 1.29 is 0 Å². The van der Waals surface area contributed by atoms with Crippen LogP contribution in [0.25, 0.3) is 0 Å². The summed E-state index contributed by atoms with van der Waals surface area (Å²) in [6.07, 6.45) is 5.26. The van der Waals surface area contributed by atoms with Crippen molar-refractivity contribution in [3.8, 4) is 12.3 Å². The van der Waals surface area contributed by atoms with Crippen molar-refractivity contribution in [3.63, 3.8) is 0 Å². The summed E-state index contributed by atoms with van der Waals surface area (Å²) in [5.74, 6) is 4.33. The van der Waals surface area contributed by atoms with Gasteiger partial charge in [-0.25, -0.2) is 0 Å². The van der Waals surface area contributed by atoms with Crippen LogP contribution in [0.1, 0.15) is 5.56 Å². The van der Waals surface area contributed by atoms with Gasteiger partial charge < -0.3 is 5.32 Å². The molecule has 2 atom stereocenters. The number of benzene rings is 1. The Bertz CT molecular complexity index is 408. The van der Waals surface area contributed by atoms with E-state index >= 15 is 0 Å². The van der Waals surface area contributed by atoms with Crippen LogP contribution < -0.4 is 5.32 Å². The molecule has 1 aromatic carbocycles. The first-order chi connectivity index (χ1) is 8.38. The van der Waals surface area contributed by atoms with Gasteiger partial charge in [-0.3, -0.25) is 4.90 Å². The molecule has 0 spiro atoms. The Labute approximate surface area is 103 Å². The van der Waals surface area contributed by atoms with Crippen molar-refractivity contribution in [3.05, 3.63) is 35.9 Å². The van der Waals surface area contributed by atoms with Gasteiger partial charge in [-0.05, 0) is 17.4 Å². The summed E-state index contributed by atoms with van der Waals surface area (Å²) in [5.41, 5.74) is 1.42. The van der Waals surface area contributed by atoms with E-state index in [0.717, 1.165) is 24.9 Å². The summed E-state index contributed by atoms with van der Waals surface area (Å²) < 4.78 is 0. The fraction of sp³-hybridized carbons (Fsp3) is 0.467. The third-order valence-corrected chi connectivity index (χ3v) is 3.96. The van der Waals surface area contributed by atoms with Gasteiger partial charge in [0.25, 0.3) is 0 Å². The lowest BCUT2D eigenvalue weighted by Crippen LogP contribution is -2.31. The second-order valence-corrected chi connectivity index (χ2v) is 5.12. The van der Waals surface area contributed by atoms with Gasteiger partial charge in [0.2, 0.25) is 0 Å². The van der Waals surface area contributed by atoms with Crippen molar-refractivity contribution in [2.45, 2.75) is 12.6 Å². The molecular formula is C15H18N2. The quantitative estimate of drug-likeness (QED) is 0.779. The van der Waals surface area contributed by atoms with E-state index < -0.39 is 0 Å². The first-order valence-corrected chi connectivity index (χ1v) is 6.31. The average Bonchev–Trinajstić information content (AvgIpc) is 2.81. The molecule has 0 radical (unpaired) electrons. The lowest BCUT2D eigenvalue weighted by molar-refractivity contribution is 0.283. The summed E-state index contributed by atoms with van der Waals surface area (Å²) in [5, 5.41) is 3.43. The zero-order chi connectivity index (χ0) is 11.7. The maximum Gasteiger partial charge on any atom is 0.0576 e. The second kappa shape index (κ2) is 4.52. The minimum atomic E-state index is 0.693. The predicted octanol–water partition coefficient (Wildman–Crippen LogP) is 1.34. The van der Waals surface area contributed by atoms with E-state index in [1.807, 2.05) is 0 Å². The topological polar surface area (TPSA) is 15.3 Å². The highest BCUT2D eigenvalue weighted by molar-refractivity contribution is 5.17. The molecule has 1 aromatic rings. The molecule has 3 rings (SSSR count). The lowest BCUT2D eigenvalue weighted by Gasteiger charge is -2.19. The molecule has 17 heavy (non-hydrogen) atoms. The van der Waals surface area contributed by atoms with E-state index in [1.165, 1.54) is 18.7 Å². The summed E-state index contributed by atoms with van der Waals surface area (Å²) >= 11 is 0. The number of nitrogens with one attached hydrogen (secondary N) is 1. The van der Waals surface area contributed by atoms with Crippen LogP contribution in [0.3, 0.4) is 0 Å². The number of hydrogen-bond acceptors (Lipinski definition) is 2. The number of likely N-dealkylation sites (tertiary alicyclic amines) is 1. The number of terminal acetylenes is 1. The number of nitrogens with zero attached hydrogens (tertiary/aromatic N) is 1. The molecule has 2 aliphatic rings. The molecule has 1 aliphatic carbocycles. The number of piperidine rings is 1. The summed E-state index contributed by atoms with van der Waals surface area (Å²) in [6.45, 7) is 4.26. The molecule has 1 heterocycles. The highest BCUT2D eigenvalue weighted by Crippen LogP contribution is 2.45. The van der Waals surface area contributed by atoms with Crippen molar-refractivity contribution >= 4 is 0 Å². The molecule has 2 fully saturated rings. The van der Waals surface area contributed by atoms with E-state index in [1.54, 1.807) is 0 Å². The van der Waals surface area contributed by atoms with Crippen LogP contribution in [0.15, 0.2) is 30.3 Å². The monoisotopic (exact) mass is 226 g/mol. The Hall–Kier alpha value is -1.30. The van der Waals surface area contributed by atoms with Crippen molar-refractivity contribution in [2.75, 3.05) is 19.6 Å². The van der Waals surface area contributed by atoms with Gasteiger partial charge in [-0.15, -0.1) is 6.42 Å². The van der Waals surface area contributed by atoms with E-state index in [0.29, 0.717) is 6.04 Å². The fourth-order valence-corrected chi connectivity index (χ4v) is 3.06. The van der Waals surface area contributed by atoms with E-state index in [2.05, 4.69) is 46.5 Å². The maximum atomic E-state index is 5.26. The van der Waals surface area contributed by atoms with Crippen LogP contribution in [-0.4, -0.2) is 30.6 Å². The first kappa shape index (κ1) is 10.8. The number of rotatable bonds is 4. The second-order valence-electron chi connectivity index (χ2n) is 5.12. The van der Waals surface area contributed by atoms with Gasteiger partial charge >= 0.3 is 0 Å². The summed E-state index contributed by atoms with van der Waals surface area (Å²) in [7, 11) is 0. The van der Waals surface area contributed by atoms with Gasteiger partial charge in [0.1, 0.15) is 0 Å². The van der Waals surface area contributed by atoms with Crippen LogP contribution >= 0.6 is 0 Å². The molecule has 2 nitrogen and oxygen atoms in total. The zero-order valence-electron chi connectivity index (χ0n) is 9.97. The van der Waals surface area contributed by atoms with E-state index in [4.69, 9.17) is 6.42 Å². The standard InChI is InChI=1S/C15H18N2/c1-2-8-16-15-13-10-17(11-14(13)15)9-12-6-4-3-5-7-12/h1,3-7,13-16H,8-11H2. The Morgan fingerprint density at radius 1 is 1.24 bits per heavy atom. The molecule has 1 N–H and O–H groups in total. The van der Waals surface area contributed by atoms with Gasteiger partial charge in [-0.1, -0.05) is 36.3 Å². The first-order valence-electron chi connectivity index (χ1n) is 6.31. The van der Waals surface area contributed by atoms with Gasteiger partial charge in [0.15, 0.2) is 0 Å². The SMILES string of the molecule is C#CCNC1C2CN(Cc3ccccc3)CC21. The molecule has 1 saturated heterocycles.